The number of guanidine groups is 1. The number of rotatable bonds is 2. The monoisotopic (exact) mass is 256 g/mol. The van der Waals surface area contributed by atoms with Crippen LogP contribution in [0.5, 0.6) is 0 Å². The highest BCUT2D eigenvalue weighted by Gasteiger charge is 2.11. The molecule has 2 heterocycles. The maximum absolute atomic E-state index is 5.95. The zero-order valence-corrected chi connectivity index (χ0v) is 11.0. The van der Waals surface area contributed by atoms with Crippen molar-refractivity contribution in [1.82, 2.24) is 9.88 Å². The summed E-state index contributed by atoms with van der Waals surface area (Å²) in [5.41, 5.74) is 5.95. The molecule has 1 aliphatic heterocycles. The molecule has 0 aromatic carbocycles. The van der Waals surface area contributed by atoms with Gasteiger partial charge in [-0.2, -0.15) is 11.8 Å². The van der Waals surface area contributed by atoms with E-state index >= 15 is 0 Å². The number of thioether (sulfide) groups is 1. The van der Waals surface area contributed by atoms with E-state index in [1.165, 1.54) is 4.88 Å². The van der Waals surface area contributed by atoms with Gasteiger partial charge >= 0.3 is 0 Å². The van der Waals surface area contributed by atoms with Crippen molar-refractivity contribution in [2.45, 2.75) is 13.5 Å². The molecule has 0 atom stereocenters. The fourth-order valence-electron chi connectivity index (χ4n) is 1.52. The summed E-state index contributed by atoms with van der Waals surface area (Å²) in [7, 11) is 0. The molecule has 0 saturated carbocycles. The average molecular weight is 256 g/mol. The van der Waals surface area contributed by atoms with Crippen LogP contribution in [0.3, 0.4) is 0 Å². The Hall–Kier alpha value is -0.750. The largest absolute Gasteiger partial charge is 0.370 e. The van der Waals surface area contributed by atoms with Gasteiger partial charge in [-0.3, -0.25) is 0 Å². The van der Waals surface area contributed by atoms with Gasteiger partial charge in [0.25, 0.3) is 0 Å². The lowest BCUT2D eigenvalue weighted by Gasteiger charge is -2.27. The van der Waals surface area contributed by atoms with Crippen LogP contribution in [0.4, 0.5) is 0 Å². The molecule has 88 valence electrons. The van der Waals surface area contributed by atoms with Crippen LogP contribution in [0, 0.1) is 6.92 Å². The van der Waals surface area contributed by atoms with Crippen LogP contribution in [-0.4, -0.2) is 40.4 Å². The Morgan fingerprint density at radius 2 is 2.31 bits per heavy atom. The van der Waals surface area contributed by atoms with E-state index in [1.807, 2.05) is 18.0 Å². The zero-order chi connectivity index (χ0) is 11.4. The van der Waals surface area contributed by atoms with Crippen LogP contribution in [0.15, 0.2) is 11.2 Å². The predicted molar refractivity (Wildman–Crippen MR) is 71.1 cm³/mol. The Kier molecular flexibility index (Phi) is 4.06. The predicted octanol–water partition coefficient (Wildman–Crippen LogP) is 1.32. The van der Waals surface area contributed by atoms with Crippen molar-refractivity contribution < 1.29 is 0 Å². The summed E-state index contributed by atoms with van der Waals surface area (Å²) >= 11 is 3.65. The van der Waals surface area contributed by atoms with E-state index in [0.29, 0.717) is 12.5 Å². The van der Waals surface area contributed by atoms with Gasteiger partial charge in [0.2, 0.25) is 0 Å². The lowest BCUT2D eigenvalue weighted by atomic mass is 10.5. The Morgan fingerprint density at radius 1 is 1.56 bits per heavy atom. The third kappa shape index (κ3) is 3.12. The summed E-state index contributed by atoms with van der Waals surface area (Å²) in [6, 6.07) is 0. The molecule has 2 rings (SSSR count). The average Bonchev–Trinajstić information content (AvgIpc) is 2.73. The van der Waals surface area contributed by atoms with Gasteiger partial charge in [0.1, 0.15) is 5.01 Å². The standard InChI is InChI=1S/C10H16N4S2/c1-8-6-12-9(16-8)7-13-10(11)14-2-4-15-5-3-14/h6H,2-5,7H2,1H3,(H2,11,13). The van der Waals surface area contributed by atoms with Crippen molar-refractivity contribution in [1.29, 1.82) is 0 Å². The van der Waals surface area contributed by atoms with E-state index in [4.69, 9.17) is 5.73 Å². The molecule has 0 radical (unpaired) electrons. The summed E-state index contributed by atoms with van der Waals surface area (Å²) in [5.74, 6) is 2.95. The molecular weight excluding hydrogens is 240 g/mol. The Balaban J connectivity index is 1.90. The maximum Gasteiger partial charge on any atom is 0.191 e. The highest BCUT2D eigenvalue weighted by Crippen LogP contribution is 2.13. The molecule has 1 saturated heterocycles. The molecule has 16 heavy (non-hydrogen) atoms. The molecule has 1 aromatic rings. The first kappa shape index (κ1) is 11.7. The van der Waals surface area contributed by atoms with E-state index < -0.39 is 0 Å². The molecule has 0 amide bonds. The van der Waals surface area contributed by atoms with Crippen molar-refractivity contribution >= 4 is 29.1 Å². The number of aliphatic imine (C=N–C) groups is 1. The first-order chi connectivity index (χ1) is 7.75. The quantitative estimate of drug-likeness (QED) is 0.640. The second-order valence-electron chi connectivity index (χ2n) is 3.64. The Morgan fingerprint density at radius 3 is 2.94 bits per heavy atom. The zero-order valence-electron chi connectivity index (χ0n) is 9.35. The van der Waals surface area contributed by atoms with Crippen LogP contribution in [0.1, 0.15) is 9.88 Å². The van der Waals surface area contributed by atoms with Crippen molar-refractivity contribution in [3.8, 4) is 0 Å². The van der Waals surface area contributed by atoms with Gasteiger partial charge in [0, 0.05) is 35.7 Å². The van der Waals surface area contributed by atoms with Crippen LogP contribution in [-0.2, 0) is 6.54 Å². The molecule has 0 bridgehead atoms. The third-order valence-electron chi connectivity index (χ3n) is 2.38. The normalized spacial score (nSPS) is 17.8. The summed E-state index contributed by atoms with van der Waals surface area (Å²) in [6.07, 6.45) is 1.88. The number of hydrogen-bond acceptors (Lipinski definition) is 4. The first-order valence-corrected chi connectivity index (χ1v) is 7.27. The minimum Gasteiger partial charge on any atom is -0.370 e. The van der Waals surface area contributed by atoms with Gasteiger partial charge in [0.05, 0.1) is 6.54 Å². The van der Waals surface area contributed by atoms with E-state index in [9.17, 15) is 0 Å². The van der Waals surface area contributed by atoms with Crippen LogP contribution >= 0.6 is 23.1 Å². The molecule has 0 spiro atoms. The SMILES string of the molecule is Cc1cnc(CN=C(N)N2CCSCC2)s1. The lowest BCUT2D eigenvalue weighted by molar-refractivity contribution is 0.455. The van der Waals surface area contributed by atoms with E-state index in [1.54, 1.807) is 11.3 Å². The summed E-state index contributed by atoms with van der Waals surface area (Å²) < 4.78 is 0. The van der Waals surface area contributed by atoms with Gasteiger partial charge in [0.15, 0.2) is 5.96 Å². The molecule has 1 fully saturated rings. The summed E-state index contributed by atoms with van der Waals surface area (Å²) in [6.45, 7) is 4.68. The Bertz CT molecular complexity index is 369. The number of thiazole rings is 1. The van der Waals surface area contributed by atoms with Crippen molar-refractivity contribution in [2.75, 3.05) is 24.6 Å². The van der Waals surface area contributed by atoms with Crippen LogP contribution in [0.25, 0.3) is 0 Å². The molecule has 6 heteroatoms. The molecule has 0 aliphatic carbocycles. The third-order valence-corrected chi connectivity index (χ3v) is 4.22. The van der Waals surface area contributed by atoms with Crippen molar-refractivity contribution in [2.24, 2.45) is 10.7 Å². The first-order valence-electron chi connectivity index (χ1n) is 5.29. The van der Waals surface area contributed by atoms with Crippen LogP contribution < -0.4 is 5.73 Å². The highest BCUT2D eigenvalue weighted by atomic mass is 32.2. The highest BCUT2D eigenvalue weighted by molar-refractivity contribution is 7.99. The van der Waals surface area contributed by atoms with Crippen molar-refractivity contribution in [3.63, 3.8) is 0 Å². The van der Waals surface area contributed by atoms with Gasteiger partial charge < -0.3 is 10.6 Å². The smallest absolute Gasteiger partial charge is 0.191 e. The molecule has 0 unspecified atom stereocenters. The van der Waals surface area contributed by atoms with Crippen molar-refractivity contribution in [3.05, 3.63) is 16.1 Å². The summed E-state index contributed by atoms with van der Waals surface area (Å²) in [5, 5.41) is 1.03. The van der Waals surface area contributed by atoms with Gasteiger partial charge in [-0.05, 0) is 6.92 Å². The minimum atomic E-state index is 0.605. The number of nitrogens with zero attached hydrogens (tertiary/aromatic N) is 3. The molecule has 1 aliphatic rings. The second kappa shape index (κ2) is 5.54. The molecule has 4 nitrogen and oxygen atoms in total. The van der Waals surface area contributed by atoms with Gasteiger partial charge in [-0.1, -0.05) is 0 Å². The fourth-order valence-corrected chi connectivity index (χ4v) is 3.13. The molecule has 2 N–H and O–H groups in total. The lowest BCUT2D eigenvalue weighted by Crippen LogP contribution is -2.42. The fraction of sp³-hybridized carbons (Fsp3) is 0.600. The topological polar surface area (TPSA) is 54.5 Å². The van der Waals surface area contributed by atoms with Crippen LogP contribution in [0.2, 0.25) is 0 Å². The number of hydrogen-bond donors (Lipinski definition) is 1. The van der Waals surface area contributed by atoms with E-state index in [0.717, 1.165) is 29.6 Å². The summed E-state index contributed by atoms with van der Waals surface area (Å²) in [4.78, 5) is 12.0. The molecule has 1 aromatic heterocycles. The number of aromatic nitrogens is 1. The van der Waals surface area contributed by atoms with Gasteiger partial charge in [-0.25, -0.2) is 9.98 Å². The van der Waals surface area contributed by atoms with Gasteiger partial charge in [-0.15, -0.1) is 11.3 Å². The number of nitrogens with two attached hydrogens (primary N) is 1. The minimum absolute atomic E-state index is 0.605. The Labute approximate surface area is 104 Å². The second-order valence-corrected chi connectivity index (χ2v) is 6.18. The maximum atomic E-state index is 5.95. The molecular formula is C10H16N4S2. The van der Waals surface area contributed by atoms with E-state index in [-0.39, 0.29) is 0 Å². The number of aryl methyl sites for hydroxylation is 1. The van der Waals surface area contributed by atoms with E-state index in [2.05, 4.69) is 21.8 Å².